The fourth-order valence-electron chi connectivity index (χ4n) is 13.2. The molecule has 0 fully saturated rings. The second kappa shape index (κ2) is 56.0. The Bertz CT molecular complexity index is 4270. The zero-order valence-corrected chi connectivity index (χ0v) is 82.0. The third kappa shape index (κ3) is 46.9. The minimum Gasteiger partial charge on any atom is -0.694 e. The smallest absolute Gasteiger partial charge is 0.694 e. The molecule has 1 nitrogen and oxygen atoms in total. The third-order valence-corrected chi connectivity index (χ3v) is 39.1. The third-order valence-electron chi connectivity index (χ3n) is 18.9. The summed E-state index contributed by atoms with van der Waals surface area (Å²) in [4.78, 5) is 0. The van der Waals surface area contributed by atoms with Gasteiger partial charge in [-0.3, -0.25) is 0 Å². The molecule has 0 N–H and O–H groups in total. The van der Waals surface area contributed by atoms with E-state index in [0.29, 0.717) is 0 Å². The number of hydrogen-bond acceptors (Lipinski definition) is 1. The van der Waals surface area contributed by atoms with Gasteiger partial charge in [-0.1, -0.05) is 449 Å². The van der Waals surface area contributed by atoms with Gasteiger partial charge in [-0.15, -0.1) is 0 Å². The summed E-state index contributed by atoms with van der Waals surface area (Å²) in [6.07, 6.45) is 29.9. The number of nitriles is 1. The number of rotatable bonds is 36. The molecule has 0 saturated carbocycles. The number of hydrogen-bond donors (Lipinski definition) is 0. The molecule has 0 heterocycles. The normalized spacial score (nSPS) is 12.0. The summed E-state index contributed by atoms with van der Waals surface area (Å²) in [6, 6.07) is 135. The first-order valence-corrected chi connectivity index (χ1v) is 54.8. The molecule has 12 aromatic carbocycles. The maximum Gasteiger partial charge on any atom is 2.00 e. The molecule has 12 aromatic rings. The SMILES string of the molecule is CC#N.F[P-](F)(F)(F)(F)F.F[P-](F)(F)(F)(F)F.[C-]#CCCCCCCCCCC.[CH-]=C(CCCCCCCCCC)[P+](CP(c1ccccc1)c1ccccc1)(c1ccccc1)c1ccccc1.[Pt+2].[Pt].c1ccc(P(CP(c2ccccc2)c2ccccc2)c2ccccc2)cc1.c1ccc(P(CP(c2ccccc2)c2ccccc2)c2ccccc2)cc1. The van der Waals surface area contributed by atoms with Crippen LogP contribution in [0.4, 0.5) is 50.4 Å². The van der Waals surface area contributed by atoms with Gasteiger partial charge >= 0.3 is 87.0 Å². The Balaban J connectivity index is 0.000000338. The second-order valence-electron chi connectivity index (χ2n) is 28.7. The summed E-state index contributed by atoms with van der Waals surface area (Å²) >= 11 is 0. The van der Waals surface area contributed by atoms with Crippen molar-refractivity contribution < 1.29 is 92.5 Å². The fraction of sp³-hybridized carbons (Fsp3) is 0.238. The fourth-order valence-corrected chi connectivity index (χ4v) is 35.4. The van der Waals surface area contributed by atoms with Gasteiger partial charge in [0.2, 0.25) is 0 Å². The van der Waals surface area contributed by atoms with E-state index in [-0.39, 0.29) is 42.1 Å². The van der Waals surface area contributed by atoms with E-state index in [1.807, 2.05) is 0 Å². The van der Waals surface area contributed by atoms with Crippen molar-refractivity contribution in [2.45, 2.75) is 136 Å². The van der Waals surface area contributed by atoms with Crippen LogP contribution in [-0.4, -0.2) is 17.7 Å². The topological polar surface area (TPSA) is 23.8 Å². The van der Waals surface area contributed by atoms with Gasteiger partial charge in [0.15, 0.2) is 0 Å². The van der Waals surface area contributed by atoms with E-state index in [1.54, 1.807) is 6.07 Å². The molecule has 0 amide bonds. The monoisotopic (exact) mass is 2200 g/mol. The quantitative estimate of drug-likeness (QED) is 0.0126. The maximum atomic E-state index is 9.87. The number of nitrogens with zero attached hydrogens (tertiary/aromatic N) is 1. The van der Waals surface area contributed by atoms with Gasteiger partial charge in [0.25, 0.3) is 0 Å². The van der Waals surface area contributed by atoms with Gasteiger partial charge in [0, 0.05) is 39.8 Å². The summed E-state index contributed by atoms with van der Waals surface area (Å²) in [5, 5.41) is 25.9. The van der Waals surface area contributed by atoms with Crippen LogP contribution in [0.25, 0.3) is 0 Å². The Kier molecular flexibility index (Phi) is 49.5. The largest absolute Gasteiger partial charge is 2.00 e. The standard InChI is InChI=1S/C37H44P2.2C25H22P2.C12H21.C2H3N.2F6P.2Pt/c1-3-4-5-6-7-8-9-14-23-33(2)39(36-28-19-12-20-29-36,37-30-21-13-22-31-37)32-38(34-24-15-10-16-25-34)35-26-17-11-18-27-35;2*1-5-13-22(14-6-1)26(23-15-7-2-8-16-23)21-27(24-17-9-3-10-18-24)25-19-11-4-12-20-25;1-3-5-7-9-11-12-10-8-6-4-2;1-2-3;2*1-7(2,3,4,5)6;;/h2,10-13,15-22,24-31H,3-9,14,23,32H2,1H3;2*1-20H,21H2;3,5-12H2,1H3;1H3;;;;/q;;;-1;;2*-1;;+2. The first-order chi connectivity index (χ1) is 58.3. The molecule has 0 spiro atoms. The van der Waals surface area contributed by atoms with Gasteiger partial charge in [0.05, 0.1) is 19.2 Å². The Hall–Kier alpha value is -6.59. The van der Waals surface area contributed by atoms with Crippen LogP contribution in [0.15, 0.2) is 369 Å². The average molecular weight is 2210 g/mol. The molecule has 0 unspecified atom stereocenters. The molecule has 0 atom stereocenters. The van der Waals surface area contributed by atoms with Crippen molar-refractivity contribution in [2.75, 3.05) is 17.7 Å². The van der Waals surface area contributed by atoms with E-state index < -0.39 is 62.5 Å². The summed E-state index contributed by atoms with van der Waals surface area (Å²) < 4.78 is 118. The van der Waals surface area contributed by atoms with Crippen molar-refractivity contribution in [1.29, 1.82) is 5.26 Å². The summed E-state index contributed by atoms with van der Waals surface area (Å²) in [7, 11) is -25.6. The minimum atomic E-state index is -10.7. The number of halogens is 12. The van der Waals surface area contributed by atoms with Gasteiger partial charge in [-0.05, 0) is 143 Å². The minimum absolute atomic E-state index is 0. The van der Waals surface area contributed by atoms with Crippen molar-refractivity contribution in [3.05, 3.63) is 382 Å². The molecule has 124 heavy (non-hydrogen) atoms. The van der Waals surface area contributed by atoms with Crippen molar-refractivity contribution in [2.24, 2.45) is 0 Å². The molecule has 0 aliphatic rings. The molecule has 0 saturated heterocycles. The van der Waals surface area contributed by atoms with E-state index in [9.17, 15) is 50.4 Å². The number of allylic oxidation sites excluding steroid dienone is 1. The van der Waals surface area contributed by atoms with Gasteiger partial charge < -0.3 is 18.9 Å². The molecule has 0 aliphatic carbocycles. The van der Waals surface area contributed by atoms with Crippen LogP contribution in [0.3, 0.4) is 0 Å². The Morgan fingerprint density at radius 1 is 0.298 bits per heavy atom. The predicted octanol–water partition coefficient (Wildman–Crippen LogP) is 31.4. The van der Waals surface area contributed by atoms with Crippen LogP contribution in [0.2, 0.25) is 0 Å². The van der Waals surface area contributed by atoms with E-state index in [2.05, 4.69) is 384 Å². The molecule has 12 rings (SSSR count). The average Bonchev–Trinajstić information content (AvgIpc) is 0.810. The predicted molar refractivity (Wildman–Crippen MR) is 517 cm³/mol. The number of unbranched alkanes of at least 4 members (excludes halogenated alkanes) is 15. The first kappa shape index (κ1) is 110. The van der Waals surface area contributed by atoms with E-state index in [0.717, 1.165) is 25.2 Å². The Morgan fingerprint density at radius 2 is 0.460 bits per heavy atom. The summed E-state index contributed by atoms with van der Waals surface area (Å²) in [6.45, 7) is 13.3. The molecule has 666 valence electrons. The van der Waals surface area contributed by atoms with Crippen molar-refractivity contribution in [3.8, 4) is 12.0 Å². The molecular weight excluding hydrogens is 2090 g/mol. The van der Waals surface area contributed by atoms with Gasteiger partial charge in [-0.25, -0.2) is 0 Å². The van der Waals surface area contributed by atoms with E-state index in [4.69, 9.17) is 18.3 Å². The number of benzene rings is 12. The zero-order valence-electron chi connectivity index (χ0n) is 70.3. The second-order valence-corrected chi connectivity index (χ2v) is 48.6. The van der Waals surface area contributed by atoms with Crippen LogP contribution in [-0.2, 0) is 42.1 Å². The zero-order chi connectivity index (χ0) is 88.4. The van der Waals surface area contributed by atoms with Crippen LogP contribution in [0.5, 0.6) is 0 Å². The van der Waals surface area contributed by atoms with Crippen molar-refractivity contribution in [1.82, 2.24) is 0 Å². The molecule has 0 aliphatic heterocycles. The van der Waals surface area contributed by atoms with Crippen LogP contribution < -0.4 is 63.7 Å². The first-order valence-electron chi connectivity index (χ1n) is 41.1. The Morgan fingerprint density at radius 3 is 0.645 bits per heavy atom. The van der Waals surface area contributed by atoms with Crippen molar-refractivity contribution in [3.63, 3.8) is 0 Å². The van der Waals surface area contributed by atoms with E-state index in [1.165, 1.54) is 184 Å². The maximum absolute atomic E-state index is 10.7. The Labute approximate surface area is 766 Å². The van der Waals surface area contributed by atoms with Crippen molar-refractivity contribution >= 4 is 126 Å². The molecule has 0 bridgehead atoms. The van der Waals surface area contributed by atoms with Crippen LogP contribution in [0, 0.1) is 30.3 Å². The van der Waals surface area contributed by atoms with Gasteiger partial charge in [-0.2, -0.15) is 5.26 Å². The van der Waals surface area contributed by atoms with Crippen LogP contribution >= 0.6 is 62.5 Å². The summed E-state index contributed by atoms with van der Waals surface area (Å²) in [5.41, 5.74) is 0. The van der Waals surface area contributed by atoms with Gasteiger partial charge in [0.1, 0.15) is 10.6 Å². The molecule has 0 aromatic heterocycles. The van der Waals surface area contributed by atoms with Crippen LogP contribution in [0.1, 0.15) is 136 Å². The molecule has 0 radical (unpaired) electrons. The molecular formula is C101H112F12NP8Pt2-. The molecule has 23 heteroatoms. The summed E-state index contributed by atoms with van der Waals surface area (Å²) in [5.74, 6) is 5.84. The van der Waals surface area contributed by atoms with E-state index >= 15 is 0 Å².